The van der Waals surface area contributed by atoms with Gasteiger partial charge in [0.2, 0.25) is 0 Å². The van der Waals surface area contributed by atoms with Crippen LogP contribution in [0.4, 0.5) is 4.79 Å². The second-order valence-corrected chi connectivity index (χ2v) is 10.7. The van der Waals surface area contributed by atoms with Crippen molar-refractivity contribution in [3.8, 4) is 16.9 Å². The van der Waals surface area contributed by atoms with E-state index in [4.69, 9.17) is 26.8 Å². The predicted octanol–water partition coefficient (Wildman–Crippen LogP) is 5.35. The first-order chi connectivity index (χ1) is 19.8. The Morgan fingerprint density at radius 2 is 1.88 bits per heavy atom. The summed E-state index contributed by atoms with van der Waals surface area (Å²) in [5.74, 6) is 0.325. The Kier molecular flexibility index (Phi) is 10.3. The van der Waals surface area contributed by atoms with Crippen LogP contribution in [0.1, 0.15) is 47.2 Å². The van der Waals surface area contributed by atoms with Crippen LogP contribution in [0.2, 0.25) is 5.02 Å². The van der Waals surface area contributed by atoms with Crippen LogP contribution in [-0.4, -0.2) is 55.9 Å². The molecule has 1 saturated heterocycles. The minimum absolute atomic E-state index is 0.0768. The number of carbonyl (C=O) groups excluding carboxylic acids is 2. The van der Waals surface area contributed by atoms with Crippen molar-refractivity contribution < 1.29 is 24.2 Å². The number of halogens is 1. The molecule has 41 heavy (non-hydrogen) atoms. The first-order valence-electron chi connectivity index (χ1n) is 13.9. The number of nitrogens with two attached hydrogens (primary N) is 1. The molecule has 2 unspecified atom stereocenters. The van der Waals surface area contributed by atoms with Gasteiger partial charge in [0, 0.05) is 48.2 Å². The third-order valence-electron chi connectivity index (χ3n) is 7.85. The van der Waals surface area contributed by atoms with Gasteiger partial charge in [-0.25, -0.2) is 4.79 Å². The fourth-order valence-electron chi connectivity index (χ4n) is 5.65. The van der Waals surface area contributed by atoms with Crippen LogP contribution in [0.3, 0.4) is 0 Å². The number of piperidine rings is 1. The number of nitrogens with one attached hydrogen (secondary N) is 1. The highest BCUT2D eigenvalue weighted by Crippen LogP contribution is 2.46. The third kappa shape index (κ3) is 7.01. The Bertz CT molecular complexity index is 1350. The van der Waals surface area contributed by atoms with Crippen LogP contribution in [-0.2, 0) is 16.9 Å². The van der Waals surface area contributed by atoms with E-state index in [9.17, 15) is 14.7 Å². The predicted molar refractivity (Wildman–Crippen MR) is 160 cm³/mol. The number of alkyl carbamates (subject to hydrolysis) is 1. The highest BCUT2D eigenvalue weighted by Gasteiger charge is 2.43. The van der Waals surface area contributed by atoms with Gasteiger partial charge in [-0.2, -0.15) is 0 Å². The Hall–Kier alpha value is -3.59. The monoisotopic (exact) mass is 579 g/mol. The Morgan fingerprint density at radius 1 is 1.12 bits per heavy atom. The largest absolute Gasteiger partial charge is 0.497 e. The first-order valence-corrected chi connectivity index (χ1v) is 14.2. The fraction of sp³-hybridized carbons (Fsp3) is 0.375. The minimum atomic E-state index is -1.34. The van der Waals surface area contributed by atoms with Gasteiger partial charge < -0.3 is 30.5 Å². The van der Waals surface area contributed by atoms with Crippen LogP contribution < -0.4 is 15.8 Å². The normalized spacial score (nSPS) is 16.5. The lowest BCUT2D eigenvalue weighted by molar-refractivity contribution is -0.0563. The molecule has 1 fully saturated rings. The van der Waals surface area contributed by atoms with Gasteiger partial charge in [0.1, 0.15) is 5.75 Å². The lowest BCUT2D eigenvalue weighted by Crippen LogP contribution is -2.48. The summed E-state index contributed by atoms with van der Waals surface area (Å²) in [5, 5.41) is 15.9. The summed E-state index contributed by atoms with van der Waals surface area (Å²) >= 11 is 6.81. The molecule has 4 rings (SSSR count). The van der Waals surface area contributed by atoms with E-state index in [1.165, 1.54) is 7.11 Å². The lowest BCUT2D eigenvalue weighted by Gasteiger charge is -2.44. The molecule has 0 spiro atoms. The van der Waals surface area contributed by atoms with E-state index in [0.29, 0.717) is 60.9 Å². The van der Waals surface area contributed by atoms with E-state index in [-0.39, 0.29) is 11.8 Å². The quantitative estimate of drug-likeness (QED) is 0.279. The maximum Gasteiger partial charge on any atom is 0.406 e. The van der Waals surface area contributed by atoms with Crippen molar-refractivity contribution in [2.45, 2.75) is 37.8 Å². The molecule has 3 aromatic rings. The zero-order valence-corrected chi connectivity index (χ0v) is 24.3. The van der Waals surface area contributed by atoms with E-state index in [2.05, 4.69) is 5.32 Å². The van der Waals surface area contributed by atoms with Crippen molar-refractivity contribution >= 4 is 23.6 Å². The van der Waals surface area contributed by atoms with E-state index in [1.807, 2.05) is 53.4 Å². The van der Waals surface area contributed by atoms with Crippen LogP contribution in [0.15, 0.2) is 66.7 Å². The van der Waals surface area contributed by atoms with Gasteiger partial charge in [-0.15, -0.1) is 0 Å². The Morgan fingerprint density at radius 3 is 2.59 bits per heavy atom. The van der Waals surface area contributed by atoms with Gasteiger partial charge >= 0.3 is 6.09 Å². The molecule has 9 heteroatoms. The summed E-state index contributed by atoms with van der Waals surface area (Å²) < 4.78 is 10.2. The standard InChI is InChI=1S/C32H38ClN3O5/c1-40-26-9-3-7-24(19-26)29-27(10-4-11-28(29)33)32(39,16-6-17-35-31(38)41-2)25-8-5-18-36(21-25)30(37)23-14-12-22(20-34)13-15-23/h3-4,7,9-15,19,25,39H,5-6,8,16-18,20-21,34H2,1-2H3,(H,35,38). The molecule has 1 heterocycles. The highest BCUT2D eigenvalue weighted by atomic mass is 35.5. The molecule has 0 bridgehead atoms. The van der Waals surface area contributed by atoms with E-state index in [1.54, 1.807) is 25.3 Å². The van der Waals surface area contributed by atoms with Gasteiger partial charge in [0.05, 0.1) is 19.8 Å². The summed E-state index contributed by atoms with van der Waals surface area (Å²) in [5.41, 5.74) is 8.15. The number of aliphatic hydroxyl groups is 1. The van der Waals surface area contributed by atoms with Crippen LogP contribution in [0.25, 0.3) is 11.1 Å². The molecule has 0 saturated carbocycles. The minimum Gasteiger partial charge on any atom is -0.497 e. The van der Waals surface area contributed by atoms with Gasteiger partial charge in [-0.05, 0) is 72.7 Å². The van der Waals surface area contributed by atoms with Gasteiger partial charge in [-0.3, -0.25) is 4.79 Å². The maximum atomic E-state index is 13.5. The Labute approximate surface area is 246 Å². The van der Waals surface area contributed by atoms with Gasteiger partial charge in [0.25, 0.3) is 5.91 Å². The first kappa shape index (κ1) is 30.4. The van der Waals surface area contributed by atoms with E-state index in [0.717, 1.165) is 29.5 Å². The number of hydrogen-bond donors (Lipinski definition) is 3. The number of benzene rings is 3. The summed E-state index contributed by atoms with van der Waals surface area (Å²) in [4.78, 5) is 27.0. The molecule has 4 N–H and O–H groups in total. The molecule has 3 aromatic carbocycles. The fourth-order valence-corrected chi connectivity index (χ4v) is 5.94. The number of methoxy groups -OCH3 is 2. The molecule has 0 aromatic heterocycles. The summed E-state index contributed by atoms with van der Waals surface area (Å²) in [6.45, 7) is 1.72. The third-order valence-corrected chi connectivity index (χ3v) is 8.16. The van der Waals surface area contributed by atoms with Crippen LogP contribution in [0, 0.1) is 5.92 Å². The average molecular weight is 580 g/mol. The number of rotatable bonds is 10. The second-order valence-electron chi connectivity index (χ2n) is 10.3. The van der Waals surface area contributed by atoms with Gasteiger partial charge in [-0.1, -0.05) is 48.0 Å². The second kappa shape index (κ2) is 13.9. The highest BCUT2D eigenvalue weighted by molar-refractivity contribution is 6.33. The van der Waals surface area contributed by atoms with Crippen LogP contribution in [0.5, 0.6) is 5.75 Å². The molecule has 0 aliphatic carbocycles. The number of carbonyl (C=O) groups is 2. The van der Waals surface area contributed by atoms with E-state index >= 15 is 0 Å². The van der Waals surface area contributed by atoms with Crippen LogP contribution >= 0.6 is 11.6 Å². The molecule has 218 valence electrons. The number of amides is 2. The molecule has 0 radical (unpaired) electrons. The summed E-state index contributed by atoms with van der Waals surface area (Å²) in [7, 11) is 2.92. The number of nitrogens with zero attached hydrogens (tertiary/aromatic N) is 1. The van der Waals surface area contributed by atoms with Gasteiger partial charge in [0.15, 0.2) is 0 Å². The van der Waals surface area contributed by atoms with Crippen molar-refractivity contribution in [3.05, 3.63) is 88.4 Å². The topological polar surface area (TPSA) is 114 Å². The molecule has 1 aliphatic heterocycles. The van der Waals surface area contributed by atoms with Crippen molar-refractivity contribution in [3.63, 3.8) is 0 Å². The van der Waals surface area contributed by atoms with Crippen molar-refractivity contribution in [1.29, 1.82) is 0 Å². The SMILES string of the molecule is COC(=O)NCCCC(O)(c1cccc(Cl)c1-c1cccc(OC)c1)C1CCCN(C(=O)c2ccc(CN)cc2)C1. The molecule has 2 atom stereocenters. The average Bonchev–Trinajstić information content (AvgIpc) is 3.02. The zero-order chi connectivity index (χ0) is 29.4. The number of ether oxygens (including phenoxy) is 2. The molecular formula is C32H38ClN3O5. The smallest absolute Gasteiger partial charge is 0.406 e. The zero-order valence-electron chi connectivity index (χ0n) is 23.6. The summed E-state index contributed by atoms with van der Waals surface area (Å²) in [6, 6.07) is 20.5. The van der Waals surface area contributed by atoms with Crippen molar-refractivity contribution in [2.24, 2.45) is 11.7 Å². The van der Waals surface area contributed by atoms with Crippen molar-refractivity contribution in [1.82, 2.24) is 10.2 Å². The molecular weight excluding hydrogens is 542 g/mol. The Balaban J connectivity index is 1.70. The maximum absolute atomic E-state index is 13.5. The molecule has 1 aliphatic rings. The molecule has 2 amide bonds. The lowest BCUT2D eigenvalue weighted by atomic mass is 9.72. The number of hydrogen-bond acceptors (Lipinski definition) is 6. The number of likely N-dealkylation sites (tertiary alicyclic amines) is 1. The summed E-state index contributed by atoms with van der Waals surface area (Å²) in [6.07, 6.45) is 1.77. The molecule has 8 nitrogen and oxygen atoms in total. The van der Waals surface area contributed by atoms with E-state index < -0.39 is 11.7 Å². The van der Waals surface area contributed by atoms with Crippen molar-refractivity contribution in [2.75, 3.05) is 33.9 Å².